The standard InChI is InChI=1S/C23H21BrN6O2/c24-15-6-3-5-14(11-15)12-27-30-21(25)19(23(31)26-13-16-7-4-10-32-16)20-22(30)29-18-9-2-1-8-17(18)28-20/h1-3,5-6,8-9,11-12,16H,4,7,10,13,25H2,(H,26,31). The van der Waals surface area contributed by atoms with E-state index >= 15 is 0 Å². The van der Waals surface area contributed by atoms with Crippen molar-refractivity contribution in [3.63, 3.8) is 0 Å². The third kappa shape index (κ3) is 3.96. The van der Waals surface area contributed by atoms with Crippen molar-refractivity contribution in [3.8, 4) is 0 Å². The normalized spacial score (nSPS) is 16.3. The Labute approximate surface area is 192 Å². The highest BCUT2D eigenvalue weighted by Gasteiger charge is 2.25. The smallest absolute Gasteiger partial charge is 0.257 e. The number of fused-ring (bicyclic) bond motifs is 2. The molecule has 0 saturated carbocycles. The fraction of sp³-hybridized carbons (Fsp3) is 0.217. The van der Waals surface area contributed by atoms with Crippen molar-refractivity contribution in [2.45, 2.75) is 18.9 Å². The van der Waals surface area contributed by atoms with Crippen LogP contribution < -0.4 is 11.1 Å². The summed E-state index contributed by atoms with van der Waals surface area (Å²) in [7, 11) is 0. The van der Waals surface area contributed by atoms with E-state index in [-0.39, 0.29) is 23.4 Å². The maximum atomic E-state index is 13.1. The molecule has 1 saturated heterocycles. The van der Waals surface area contributed by atoms with Gasteiger partial charge in [-0.3, -0.25) is 4.79 Å². The number of aromatic nitrogens is 3. The van der Waals surface area contributed by atoms with Crippen LogP contribution in [0.2, 0.25) is 0 Å². The number of nitrogens with two attached hydrogens (primary N) is 1. The minimum Gasteiger partial charge on any atom is -0.383 e. The highest BCUT2D eigenvalue weighted by atomic mass is 79.9. The number of nitrogens with one attached hydrogen (secondary N) is 1. The first-order chi connectivity index (χ1) is 15.6. The maximum absolute atomic E-state index is 13.1. The van der Waals surface area contributed by atoms with E-state index in [1.165, 1.54) is 4.68 Å². The first kappa shape index (κ1) is 20.6. The van der Waals surface area contributed by atoms with Gasteiger partial charge in [0.2, 0.25) is 0 Å². The van der Waals surface area contributed by atoms with Crippen LogP contribution in [0.15, 0.2) is 58.1 Å². The molecule has 5 rings (SSSR count). The number of para-hydroxylation sites is 2. The second-order valence-electron chi connectivity index (χ2n) is 7.60. The SMILES string of the molecule is Nc1c(C(=O)NCC2CCCO2)c2nc3ccccc3nc2n1N=Cc1cccc(Br)c1. The van der Waals surface area contributed by atoms with Crippen molar-refractivity contribution in [2.75, 3.05) is 18.9 Å². The number of carbonyl (C=O) groups is 1. The monoisotopic (exact) mass is 492 g/mol. The van der Waals surface area contributed by atoms with Crippen molar-refractivity contribution < 1.29 is 9.53 Å². The summed E-state index contributed by atoms with van der Waals surface area (Å²) in [6.45, 7) is 1.15. The maximum Gasteiger partial charge on any atom is 0.257 e. The molecular formula is C23H21BrN6O2. The molecule has 8 nitrogen and oxygen atoms in total. The number of nitrogen functional groups attached to an aromatic ring is 1. The van der Waals surface area contributed by atoms with Crippen molar-refractivity contribution in [1.82, 2.24) is 20.0 Å². The quantitative estimate of drug-likeness (QED) is 0.412. The molecule has 2 aromatic heterocycles. The van der Waals surface area contributed by atoms with Crippen molar-refractivity contribution >= 4 is 56.1 Å². The summed E-state index contributed by atoms with van der Waals surface area (Å²) in [4.78, 5) is 22.5. The average molecular weight is 493 g/mol. The second kappa shape index (κ2) is 8.68. The lowest BCUT2D eigenvalue weighted by atomic mass is 10.2. The first-order valence-electron chi connectivity index (χ1n) is 10.4. The number of ether oxygens (including phenoxy) is 1. The largest absolute Gasteiger partial charge is 0.383 e. The molecule has 0 bridgehead atoms. The van der Waals surface area contributed by atoms with E-state index in [2.05, 4.69) is 26.3 Å². The Bertz CT molecular complexity index is 1340. The molecule has 162 valence electrons. The molecule has 1 atom stereocenters. The van der Waals surface area contributed by atoms with Gasteiger partial charge in [0.25, 0.3) is 5.91 Å². The first-order valence-corrected chi connectivity index (χ1v) is 11.2. The third-order valence-electron chi connectivity index (χ3n) is 5.39. The average Bonchev–Trinajstić information content (AvgIpc) is 3.40. The number of carbonyl (C=O) groups excluding carboxylic acids is 1. The Balaban J connectivity index is 1.59. The predicted octanol–water partition coefficient (Wildman–Crippen LogP) is 3.72. The molecule has 4 aromatic rings. The zero-order valence-corrected chi connectivity index (χ0v) is 18.7. The Kier molecular flexibility index (Phi) is 5.59. The van der Waals surface area contributed by atoms with Crippen LogP contribution in [0.5, 0.6) is 0 Å². The second-order valence-corrected chi connectivity index (χ2v) is 8.52. The van der Waals surface area contributed by atoms with E-state index in [1.54, 1.807) is 6.21 Å². The Hall–Kier alpha value is -3.30. The van der Waals surface area contributed by atoms with Crippen molar-refractivity contribution in [1.29, 1.82) is 0 Å². The molecule has 32 heavy (non-hydrogen) atoms. The summed E-state index contributed by atoms with van der Waals surface area (Å²) in [6.07, 6.45) is 3.63. The molecule has 0 aliphatic carbocycles. The molecule has 1 fully saturated rings. The van der Waals surface area contributed by atoms with Gasteiger partial charge in [0, 0.05) is 17.6 Å². The molecule has 1 unspecified atom stereocenters. The summed E-state index contributed by atoms with van der Waals surface area (Å²) < 4.78 is 8.02. The zero-order valence-electron chi connectivity index (χ0n) is 17.2. The Morgan fingerprint density at radius 3 is 2.81 bits per heavy atom. The molecule has 1 aliphatic rings. The van der Waals surface area contributed by atoms with E-state index in [9.17, 15) is 4.79 Å². The van der Waals surface area contributed by atoms with Gasteiger partial charge in [-0.1, -0.05) is 40.2 Å². The number of benzene rings is 2. The fourth-order valence-corrected chi connectivity index (χ4v) is 4.22. The van der Waals surface area contributed by atoms with Gasteiger partial charge in [0.15, 0.2) is 5.65 Å². The minimum atomic E-state index is -0.316. The van der Waals surface area contributed by atoms with Crippen molar-refractivity contribution in [3.05, 3.63) is 64.1 Å². The van der Waals surface area contributed by atoms with E-state index in [0.717, 1.165) is 29.5 Å². The summed E-state index contributed by atoms with van der Waals surface area (Å²) in [5, 5.41) is 7.46. The van der Waals surface area contributed by atoms with Gasteiger partial charge in [-0.05, 0) is 42.7 Å². The number of amides is 1. The van der Waals surface area contributed by atoms with Crippen molar-refractivity contribution in [2.24, 2.45) is 5.10 Å². The van der Waals surface area contributed by atoms with Gasteiger partial charge < -0.3 is 15.8 Å². The van der Waals surface area contributed by atoms with E-state index < -0.39 is 0 Å². The lowest BCUT2D eigenvalue weighted by molar-refractivity contribution is 0.0859. The van der Waals surface area contributed by atoms with Gasteiger partial charge in [-0.2, -0.15) is 9.78 Å². The summed E-state index contributed by atoms with van der Waals surface area (Å²) >= 11 is 3.46. The molecular weight excluding hydrogens is 472 g/mol. The van der Waals surface area contributed by atoms with Crippen LogP contribution in [-0.4, -0.2) is 46.0 Å². The third-order valence-corrected chi connectivity index (χ3v) is 5.88. The Morgan fingerprint density at radius 2 is 2.06 bits per heavy atom. The number of rotatable bonds is 5. The van der Waals surface area contributed by atoms with Gasteiger partial charge >= 0.3 is 0 Å². The molecule has 9 heteroatoms. The highest BCUT2D eigenvalue weighted by molar-refractivity contribution is 9.10. The van der Waals surface area contributed by atoms with Crippen LogP contribution in [0, 0.1) is 0 Å². The van der Waals surface area contributed by atoms with E-state index in [4.69, 9.17) is 20.4 Å². The lowest BCUT2D eigenvalue weighted by Gasteiger charge is -2.10. The number of hydrogen-bond acceptors (Lipinski definition) is 6. The lowest BCUT2D eigenvalue weighted by Crippen LogP contribution is -2.32. The van der Waals surface area contributed by atoms with Crippen LogP contribution in [0.25, 0.3) is 22.2 Å². The van der Waals surface area contributed by atoms with E-state index in [1.807, 2.05) is 48.5 Å². The molecule has 3 N–H and O–H groups in total. The van der Waals surface area contributed by atoms with Gasteiger partial charge in [-0.25, -0.2) is 9.97 Å². The van der Waals surface area contributed by atoms with Gasteiger partial charge in [0.1, 0.15) is 16.9 Å². The number of hydrogen-bond donors (Lipinski definition) is 2. The number of nitrogens with zero attached hydrogens (tertiary/aromatic N) is 4. The van der Waals surface area contributed by atoms with Gasteiger partial charge in [-0.15, -0.1) is 0 Å². The zero-order chi connectivity index (χ0) is 22.1. The molecule has 2 aromatic carbocycles. The van der Waals surface area contributed by atoms with Crippen LogP contribution in [0.4, 0.5) is 5.82 Å². The summed E-state index contributed by atoms with van der Waals surface area (Å²) in [6, 6.07) is 15.2. The van der Waals surface area contributed by atoms with Gasteiger partial charge in [0.05, 0.1) is 23.4 Å². The summed E-state index contributed by atoms with van der Waals surface area (Å²) in [5.74, 6) is -0.129. The molecule has 0 spiro atoms. The number of anilines is 1. The predicted molar refractivity (Wildman–Crippen MR) is 128 cm³/mol. The van der Waals surface area contributed by atoms with E-state index in [0.29, 0.717) is 28.7 Å². The topological polar surface area (TPSA) is 107 Å². The van der Waals surface area contributed by atoms with Crippen LogP contribution in [0.3, 0.4) is 0 Å². The molecule has 3 heterocycles. The molecule has 1 aliphatic heterocycles. The van der Waals surface area contributed by atoms with Crippen LogP contribution >= 0.6 is 15.9 Å². The molecule has 1 amide bonds. The minimum absolute atomic E-state index is 0.0231. The Morgan fingerprint density at radius 1 is 1.25 bits per heavy atom. The van der Waals surface area contributed by atoms with Crippen LogP contribution in [0.1, 0.15) is 28.8 Å². The summed E-state index contributed by atoms with van der Waals surface area (Å²) in [5.41, 5.74) is 9.78. The molecule has 0 radical (unpaired) electrons. The van der Waals surface area contributed by atoms with Crippen LogP contribution in [-0.2, 0) is 4.74 Å². The number of halogens is 1. The highest BCUT2D eigenvalue weighted by Crippen LogP contribution is 2.28. The fourth-order valence-electron chi connectivity index (χ4n) is 3.80.